The summed E-state index contributed by atoms with van der Waals surface area (Å²) >= 11 is 0. The highest BCUT2D eigenvalue weighted by molar-refractivity contribution is 5.89. The van der Waals surface area contributed by atoms with E-state index in [9.17, 15) is 9.90 Å². The van der Waals surface area contributed by atoms with Gasteiger partial charge >= 0.3 is 0 Å². The van der Waals surface area contributed by atoms with E-state index in [1.54, 1.807) is 13.8 Å². The fourth-order valence-electron chi connectivity index (χ4n) is 5.99. The Morgan fingerprint density at radius 3 is 2.61 bits per heavy atom. The standard InChI is InChI=1S/C24H32O4/c1-14-7-6-10-24(5)18(14)9-8-15(2)19(24)11-16-12-20-22(17(13-25)21(16)26)28-23(3,4)27-20/h11-15,18,26H,6-10H2,1-5H3/b19-11+/t14-,15+,18-,24-/m0/s1. The van der Waals surface area contributed by atoms with Gasteiger partial charge in [-0.2, -0.15) is 0 Å². The van der Waals surface area contributed by atoms with E-state index < -0.39 is 5.79 Å². The van der Waals surface area contributed by atoms with E-state index in [2.05, 4.69) is 26.8 Å². The summed E-state index contributed by atoms with van der Waals surface area (Å²) in [5, 5.41) is 10.9. The van der Waals surface area contributed by atoms with Crippen molar-refractivity contribution in [2.45, 2.75) is 72.5 Å². The van der Waals surface area contributed by atoms with Gasteiger partial charge in [0.15, 0.2) is 17.8 Å². The minimum atomic E-state index is -0.841. The third-order valence-electron chi connectivity index (χ3n) is 7.38. The molecule has 3 aliphatic rings. The van der Waals surface area contributed by atoms with Gasteiger partial charge in [-0.1, -0.05) is 45.3 Å². The van der Waals surface area contributed by atoms with Crippen LogP contribution in [-0.4, -0.2) is 17.2 Å². The summed E-state index contributed by atoms with van der Waals surface area (Å²) in [4.78, 5) is 11.7. The van der Waals surface area contributed by atoms with Gasteiger partial charge in [-0.15, -0.1) is 0 Å². The second kappa shape index (κ2) is 6.53. The molecule has 0 spiro atoms. The Hall–Kier alpha value is -1.97. The third kappa shape index (κ3) is 2.92. The zero-order valence-electron chi connectivity index (χ0n) is 17.7. The first-order valence-corrected chi connectivity index (χ1v) is 10.6. The van der Waals surface area contributed by atoms with Crippen molar-refractivity contribution in [3.8, 4) is 17.2 Å². The summed E-state index contributed by atoms with van der Waals surface area (Å²) in [6, 6.07) is 1.82. The second-order valence-corrected chi connectivity index (χ2v) is 9.75. The molecule has 0 unspecified atom stereocenters. The molecule has 152 valence electrons. The molecule has 0 aromatic heterocycles. The van der Waals surface area contributed by atoms with E-state index in [1.807, 2.05) is 6.07 Å². The molecular weight excluding hydrogens is 352 g/mol. The number of carbonyl (C=O) groups is 1. The highest BCUT2D eigenvalue weighted by Crippen LogP contribution is 2.58. The number of phenols is 1. The summed E-state index contributed by atoms with van der Waals surface area (Å²) in [5.41, 5.74) is 2.39. The molecule has 28 heavy (non-hydrogen) atoms. The smallest absolute Gasteiger partial charge is 0.246 e. The molecule has 4 atom stereocenters. The highest BCUT2D eigenvalue weighted by Gasteiger charge is 2.47. The van der Waals surface area contributed by atoms with E-state index >= 15 is 0 Å². The lowest BCUT2D eigenvalue weighted by molar-refractivity contribution is -0.0433. The normalized spacial score (nSPS) is 34.9. The summed E-state index contributed by atoms with van der Waals surface area (Å²) in [6.45, 7) is 10.7. The van der Waals surface area contributed by atoms with Crippen LogP contribution in [-0.2, 0) is 0 Å². The maximum absolute atomic E-state index is 11.7. The van der Waals surface area contributed by atoms with E-state index in [0.717, 1.165) is 5.92 Å². The summed E-state index contributed by atoms with van der Waals surface area (Å²) in [5.74, 6) is 1.89. The van der Waals surface area contributed by atoms with Crippen LogP contribution in [0.5, 0.6) is 17.2 Å². The lowest BCUT2D eigenvalue weighted by atomic mass is 9.53. The molecule has 1 aromatic rings. The number of aromatic hydroxyl groups is 1. The van der Waals surface area contributed by atoms with Crippen molar-refractivity contribution < 1.29 is 19.4 Å². The number of phenolic OH excluding ortho intramolecular Hbond substituents is 1. The number of aldehydes is 1. The fourth-order valence-corrected chi connectivity index (χ4v) is 5.99. The minimum absolute atomic E-state index is 0.00988. The Bertz CT molecular complexity index is 837. The quantitative estimate of drug-likeness (QED) is 0.639. The van der Waals surface area contributed by atoms with Gasteiger partial charge in [0.05, 0.1) is 0 Å². The Morgan fingerprint density at radius 2 is 1.89 bits per heavy atom. The molecule has 1 N–H and O–H groups in total. The van der Waals surface area contributed by atoms with Crippen LogP contribution < -0.4 is 9.47 Å². The van der Waals surface area contributed by atoms with Gasteiger partial charge in [-0.05, 0) is 48.5 Å². The molecule has 0 amide bonds. The minimum Gasteiger partial charge on any atom is -0.506 e. The molecular formula is C24H32O4. The van der Waals surface area contributed by atoms with Crippen molar-refractivity contribution in [3.63, 3.8) is 0 Å². The predicted molar refractivity (Wildman–Crippen MR) is 110 cm³/mol. The van der Waals surface area contributed by atoms with Gasteiger partial charge in [0, 0.05) is 19.4 Å². The molecule has 1 aliphatic heterocycles. The van der Waals surface area contributed by atoms with Crippen molar-refractivity contribution in [1.82, 2.24) is 0 Å². The number of hydrogen-bond acceptors (Lipinski definition) is 4. The number of hydrogen-bond donors (Lipinski definition) is 1. The van der Waals surface area contributed by atoms with Gasteiger partial charge in [0.25, 0.3) is 0 Å². The van der Waals surface area contributed by atoms with Gasteiger partial charge in [0.1, 0.15) is 11.3 Å². The first kappa shape index (κ1) is 19.4. The lowest BCUT2D eigenvalue weighted by Crippen LogP contribution is -2.42. The van der Waals surface area contributed by atoms with Crippen LogP contribution in [0.25, 0.3) is 6.08 Å². The van der Waals surface area contributed by atoms with E-state index in [4.69, 9.17) is 9.47 Å². The zero-order chi connectivity index (χ0) is 20.3. The topological polar surface area (TPSA) is 55.8 Å². The van der Waals surface area contributed by atoms with Gasteiger partial charge in [-0.3, -0.25) is 4.79 Å². The Kier molecular flexibility index (Phi) is 4.52. The zero-order valence-corrected chi connectivity index (χ0v) is 17.7. The molecule has 0 radical (unpaired) electrons. The summed E-state index contributed by atoms with van der Waals surface area (Å²) in [6.07, 6.45) is 8.99. The van der Waals surface area contributed by atoms with E-state index in [0.29, 0.717) is 35.2 Å². The molecule has 4 nitrogen and oxygen atoms in total. The lowest BCUT2D eigenvalue weighted by Gasteiger charge is -2.52. The molecule has 4 rings (SSSR count). The van der Waals surface area contributed by atoms with Crippen LogP contribution in [0.15, 0.2) is 11.6 Å². The van der Waals surface area contributed by atoms with Crippen LogP contribution in [0.3, 0.4) is 0 Å². The van der Waals surface area contributed by atoms with Crippen molar-refractivity contribution in [2.24, 2.45) is 23.2 Å². The maximum Gasteiger partial charge on any atom is 0.246 e. The number of ether oxygens (including phenoxy) is 2. The average Bonchev–Trinajstić information content (AvgIpc) is 2.92. The first-order valence-electron chi connectivity index (χ1n) is 10.6. The summed E-state index contributed by atoms with van der Waals surface area (Å²) < 4.78 is 11.6. The van der Waals surface area contributed by atoms with Crippen molar-refractivity contribution in [3.05, 3.63) is 22.8 Å². The molecule has 0 bridgehead atoms. The molecule has 1 heterocycles. The highest BCUT2D eigenvalue weighted by atomic mass is 16.7. The SMILES string of the molecule is C[C@@H]1CC[C@H]2[C@@H](C)CCC[C@]2(C)/C1=C/c1cc2c(c(C=O)c1O)OC(C)(C)O2. The number of fused-ring (bicyclic) bond motifs is 2. The molecule has 2 saturated carbocycles. The average molecular weight is 385 g/mol. The number of benzene rings is 1. The van der Waals surface area contributed by atoms with Crippen molar-refractivity contribution in [2.75, 3.05) is 0 Å². The Balaban J connectivity index is 1.83. The Morgan fingerprint density at radius 1 is 1.14 bits per heavy atom. The van der Waals surface area contributed by atoms with Crippen LogP contribution in [0.1, 0.15) is 82.6 Å². The second-order valence-electron chi connectivity index (χ2n) is 9.75. The molecule has 0 saturated heterocycles. The molecule has 4 heteroatoms. The van der Waals surface area contributed by atoms with Crippen molar-refractivity contribution in [1.29, 1.82) is 0 Å². The van der Waals surface area contributed by atoms with Crippen LogP contribution in [0.2, 0.25) is 0 Å². The Labute approximate surface area is 167 Å². The largest absolute Gasteiger partial charge is 0.506 e. The number of carbonyl (C=O) groups excluding carboxylic acids is 1. The molecule has 1 aromatic carbocycles. The number of allylic oxidation sites excluding steroid dienone is 1. The van der Waals surface area contributed by atoms with Crippen LogP contribution in [0.4, 0.5) is 0 Å². The van der Waals surface area contributed by atoms with Gasteiger partial charge in [-0.25, -0.2) is 0 Å². The monoisotopic (exact) mass is 384 g/mol. The van der Waals surface area contributed by atoms with Gasteiger partial charge < -0.3 is 14.6 Å². The maximum atomic E-state index is 11.7. The van der Waals surface area contributed by atoms with E-state index in [1.165, 1.54) is 37.7 Å². The molecule has 2 aliphatic carbocycles. The molecule has 2 fully saturated rings. The predicted octanol–water partition coefficient (Wildman–Crippen LogP) is 5.97. The number of rotatable bonds is 2. The first-order chi connectivity index (χ1) is 13.2. The van der Waals surface area contributed by atoms with Crippen molar-refractivity contribution >= 4 is 12.4 Å². The summed E-state index contributed by atoms with van der Waals surface area (Å²) in [7, 11) is 0. The van der Waals surface area contributed by atoms with E-state index in [-0.39, 0.29) is 16.7 Å². The fraction of sp³-hybridized carbons (Fsp3) is 0.625. The van der Waals surface area contributed by atoms with Crippen LogP contribution in [0, 0.1) is 23.2 Å². The van der Waals surface area contributed by atoms with Gasteiger partial charge in [0.2, 0.25) is 5.79 Å². The van der Waals surface area contributed by atoms with Crippen LogP contribution >= 0.6 is 0 Å². The third-order valence-corrected chi connectivity index (χ3v) is 7.38.